The van der Waals surface area contributed by atoms with Crippen LogP contribution in [0.15, 0.2) is 56.8 Å². The fourth-order valence-corrected chi connectivity index (χ4v) is 5.87. The standard InChI is InChI=1S/C35H38O7/c1-17(2)9-8-10-19(5)11-12-21-32-20(13-14-35(6,7)42-32)29(38)28-30(39)23-15-22(18(3)4)26-27(34(23)41-33(21)28)24(36)16-25(37)31(26)40/h9,11,13-14,16,22,36-38,40H,3,8,10,12,15H2,1-2,4-7H3/t22-/m1/s1. The fourth-order valence-electron chi connectivity index (χ4n) is 5.87. The number of benzene rings is 2. The number of hydrogen-bond donors (Lipinski definition) is 4. The van der Waals surface area contributed by atoms with E-state index in [1.165, 1.54) is 5.57 Å². The Hall–Kier alpha value is -4.39. The molecule has 0 spiro atoms. The molecule has 5 rings (SSSR count). The van der Waals surface area contributed by atoms with Crippen LogP contribution in [-0.2, 0) is 12.8 Å². The van der Waals surface area contributed by atoms with Crippen LogP contribution in [-0.4, -0.2) is 26.0 Å². The van der Waals surface area contributed by atoms with Gasteiger partial charge in [-0.05, 0) is 79.4 Å². The van der Waals surface area contributed by atoms with E-state index in [9.17, 15) is 25.2 Å². The lowest BCUT2D eigenvalue weighted by molar-refractivity contribution is 0.157. The van der Waals surface area contributed by atoms with Gasteiger partial charge in [0, 0.05) is 28.7 Å². The van der Waals surface area contributed by atoms with Crippen molar-refractivity contribution in [2.45, 2.75) is 78.7 Å². The van der Waals surface area contributed by atoms with E-state index < -0.39 is 28.4 Å². The van der Waals surface area contributed by atoms with E-state index in [1.807, 2.05) is 19.9 Å². The van der Waals surface area contributed by atoms with Gasteiger partial charge in [-0.15, -0.1) is 0 Å². The molecule has 1 aromatic heterocycles. The van der Waals surface area contributed by atoms with Gasteiger partial charge >= 0.3 is 0 Å². The summed E-state index contributed by atoms with van der Waals surface area (Å²) in [6.45, 7) is 15.8. The third kappa shape index (κ3) is 4.87. The first-order chi connectivity index (χ1) is 19.7. The monoisotopic (exact) mass is 570 g/mol. The molecular formula is C35H38O7. The lowest BCUT2D eigenvalue weighted by Crippen LogP contribution is -2.28. The summed E-state index contributed by atoms with van der Waals surface area (Å²) in [4.78, 5) is 14.2. The van der Waals surface area contributed by atoms with Crippen LogP contribution < -0.4 is 10.2 Å². The molecule has 0 saturated carbocycles. The zero-order valence-electron chi connectivity index (χ0n) is 25.0. The molecule has 4 N–H and O–H groups in total. The van der Waals surface area contributed by atoms with E-state index >= 15 is 0 Å². The molecule has 7 heteroatoms. The molecule has 2 aromatic carbocycles. The highest BCUT2D eigenvalue weighted by molar-refractivity contribution is 5.96. The lowest BCUT2D eigenvalue weighted by atomic mass is 9.77. The van der Waals surface area contributed by atoms with Crippen LogP contribution in [0.5, 0.6) is 28.7 Å². The Morgan fingerprint density at radius 1 is 1.07 bits per heavy atom. The minimum atomic E-state index is -0.665. The molecule has 2 heterocycles. The number of phenolic OH excluding ortho intramolecular Hbond substituents is 4. The molecule has 42 heavy (non-hydrogen) atoms. The Kier molecular flexibility index (Phi) is 7.25. The summed E-state index contributed by atoms with van der Waals surface area (Å²) < 4.78 is 12.9. The number of aromatic hydroxyl groups is 4. The van der Waals surface area contributed by atoms with Gasteiger partial charge in [0.1, 0.15) is 39.6 Å². The maximum atomic E-state index is 14.2. The molecule has 220 valence electrons. The quantitative estimate of drug-likeness (QED) is 0.135. The summed E-state index contributed by atoms with van der Waals surface area (Å²) in [5.41, 5.74) is 3.73. The SMILES string of the molecule is C=C(C)[C@H]1Cc2c(oc3c(CC=C(C)CCC=C(C)C)c4c(c(O)c3c2=O)C=CC(C)(C)O4)-c2c(O)cc(O)c(O)c21. The Morgan fingerprint density at radius 3 is 2.45 bits per heavy atom. The van der Waals surface area contributed by atoms with Crippen molar-refractivity contribution in [3.8, 4) is 40.1 Å². The van der Waals surface area contributed by atoms with Crippen molar-refractivity contribution in [1.82, 2.24) is 0 Å². The summed E-state index contributed by atoms with van der Waals surface area (Å²) in [7, 11) is 0. The van der Waals surface area contributed by atoms with E-state index in [0.29, 0.717) is 28.9 Å². The smallest absolute Gasteiger partial charge is 0.200 e. The van der Waals surface area contributed by atoms with Crippen LogP contribution >= 0.6 is 0 Å². The predicted molar refractivity (Wildman–Crippen MR) is 166 cm³/mol. The number of phenols is 4. The van der Waals surface area contributed by atoms with Crippen LogP contribution in [0.3, 0.4) is 0 Å². The number of ether oxygens (including phenoxy) is 1. The van der Waals surface area contributed by atoms with Gasteiger partial charge in [-0.3, -0.25) is 4.79 Å². The molecule has 3 aromatic rings. The van der Waals surface area contributed by atoms with E-state index in [1.54, 1.807) is 13.0 Å². The number of allylic oxidation sites excluding steroid dienone is 5. The zero-order chi connectivity index (χ0) is 30.7. The van der Waals surface area contributed by atoms with Crippen LogP contribution in [0.1, 0.15) is 82.6 Å². The largest absolute Gasteiger partial charge is 0.507 e. The van der Waals surface area contributed by atoms with E-state index in [-0.39, 0.29) is 51.3 Å². The van der Waals surface area contributed by atoms with Crippen molar-refractivity contribution >= 4 is 17.0 Å². The molecule has 0 fully saturated rings. The predicted octanol–water partition coefficient (Wildman–Crippen LogP) is 7.92. The van der Waals surface area contributed by atoms with Crippen molar-refractivity contribution in [2.24, 2.45) is 0 Å². The average Bonchev–Trinajstić information content (AvgIpc) is 2.89. The molecule has 1 atom stereocenters. The number of rotatable bonds is 6. The van der Waals surface area contributed by atoms with Crippen LogP contribution in [0.2, 0.25) is 0 Å². The lowest BCUT2D eigenvalue weighted by Gasteiger charge is -2.31. The van der Waals surface area contributed by atoms with Gasteiger partial charge in [0.25, 0.3) is 0 Å². The zero-order valence-corrected chi connectivity index (χ0v) is 25.0. The van der Waals surface area contributed by atoms with Crippen molar-refractivity contribution in [3.05, 3.63) is 80.1 Å². The minimum Gasteiger partial charge on any atom is -0.507 e. The van der Waals surface area contributed by atoms with Crippen LogP contribution in [0.4, 0.5) is 0 Å². The first-order valence-electron chi connectivity index (χ1n) is 14.2. The minimum absolute atomic E-state index is 0.0393. The highest BCUT2D eigenvalue weighted by Gasteiger charge is 2.38. The molecule has 0 radical (unpaired) electrons. The van der Waals surface area contributed by atoms with Gasteiger partial charge in [-0.2, -0.15) is 0 Å². The summed E-state index contributed by atoms with van der Waals surface area (Å²) in [5.74, 6) is -1.50. The Morgan fingerprint density at radius 2 is 1.79 bits per heavy atom. The van der Waals surface area contributed by atoms with E-state index in [0.717, 1.165) is 24.5 Å². The Balaban J connectivity index is 1.82. The Bertz CT molecular complexity index is 1790. The first kappa shape index (κ1) is 29.1. The van der Waals surface area contributed by atoms with Gasteiger partial charge in [0.15, 0.2) is 16.9 Å². The van der Waals surface area contributed by atoms with Gasteiger partial charge in [-0.1, -0.05) is 35.5 Å². The van der Waals surface area contributed by atoms with Crippen LogP contribution in [0, 0.1) is 0 Å². The van der Waals surface area contributed by atoms with Crippen LogP contribution in [0.25, 0.3) is 28.4 Å². The van der Waals surface area contributed by atoms with Gasteiger partial charge in [0.2, 0.25) is 0 Å². The average molecular weight is 571 g/mol. The molecule has 7 nitrogen and oxygen atoms in total. The second-order valence-corrected chi connectivity index (χ2v) is 12.3. The van der Waals surface area contributed by atoms with Crippen molar-refractivity contribution in [2.75, 3.05) is 0 Å². The third-order valence-electron chi connectivity index (χ3n) is 8.13. The van der Waals surface area contributed by atoms with Gasteiger partial charge in [0.05, 0.1) is 11.1 Å². The topological polar surface area (TPSA) is 120 Å². The highest BCUT2D eigenvalue weighted by Crippen LogP contribution is 2.54. The maximum absolute atomic E-state index is 14.2. The molecule has 0 unspecified atom stereocenters. The summed E-state index contributed by atoms with van der Waals surface area (Å²) in [6.07, 6.45) is 10.1. The second kappa shape index (κ2) is 10.5. The number of fused-ring (bicyclic) bond motifs is 5. The summed E-state index contributed by atoms with van der Waals surface area (Å²) in [5, 5.41) is 43.7. The summed E-state index contributed by atoms with van der Waals surface area (Å²) >= 11 is 0. The van der Waals surface area contributed by atoms with Crippen molar-refractivity contribution < 1.29 is 29.6 Å². The van der Waals surface area contributed by atoms with Gasteiger partial charge in [-0.25, -0.2) is 0 Å². The van der Waals surface area contributed by atoms with E-state index in [4.69, 9.17) is 9.15 Å². The molecule has 1 aliphatic carbocycles. The second-order valence-electron chi connectivity index (χ2n) is 12.3. The normalized spacial score (nSPS) is 16.8. The molecule has 0 bridgehead atoms. The summed E-state index contributed by atoms with van der Waals surface area (Å²) in [6, 6.07) is 1.03. The highest BCUT2D eigenvalue weighted by atomic mass is 16.5. The molecular weight excluding hydrogens is 532 g/mol. The van der Waals surface area contributed by atoms with E-state index in [2.05, 4.69) is 39.5 Å². The first-order valence-corrected chi connectivity index (χ1v) is 14.2. The number of hydrogen-bond acceptors (Lipinski definition) is 7. The third-order valence-corrected chi connectivity index (χ3v) is 8.13. The molecule has 0 saturated heterocycles. The van der Waals surface area contributed by atoms with Crippen molar-refractivity contribution in [1.29, 1.82) is 0 Å². The molecule has 2 aliphatic rings. The molecule has 0 amide bonds. The van der Waals surface area contributed by atoms with Gasteiger partial charge < -0.3 is 29.6 Å². The maximum Gasteiger partial charge on any atom is 0.200 e. The van der Waals surface area contributed by atoms with Crippen molar-refractivity contribution in [3.63, 3.8) is 0 Å². The fraction of sp³-hybridized carbons (Fsp3) is 0.343. The Labute approximate surface area is 245 Å². The molecule has 1 aliphatic heterocycles.